The Balaban J connectivity index is 0.00000210. The van der Waals surface area contributed by atoms with Gasteiger partial charge in [0.1, 0.15) is 11.5 Å². The van der Waals surface area contributed by atoms with E-state index in [-0.39, 0.29) is 42.5 Å². The molecule has 1 fully saturated rings. The van der Waals surface area contributed by atoms with E-state index in [0.29, 0.717) is 17.7 Å². The highest BCUT2D eigenvalue weighted by molar-refractivity contribution is 5.85. The number of nitrogens with zero attached hydrogens (tertiary/aromatic N) is 1. The third-order valence-corrected chi connectivity index (χ3v) is 4.90. The summed E-state index contributed by atoms with van der Waals surface area (Å²) in [6.45, 7) is 0.782. The molecule has 29 heavy (non-hydrogen) atoms. The van der Waals surface area contributed by atoms with Crippen molar-refractivity contribution in [3.63, 3.8) is 0 Å². The average molecular weight is 453 g/mol. The van der Waals surface area contributed by atoms with Gasteiger partial charge in [-0.05, 0) is 54.5 Å². The van der Waals surface area contributed by atoms with Crippen molar-refractivity contribution in [1.29, 1.82) is 0 Å². The van der Waals surface area contributed by atoms with Crippen LogP contribution >= 0.6 is 24.8 Å². The molecule has 1 aliphatic rings. The van der Waals surface area contributed by atoms with Crippen molar-refractivity contribution in [3.8, 4) is 11.5 Å². The predicted molar refractivity (Wildman–Crippen MR) is 111 cm³/mol. The molecule has 2 aromatic rings. The third-order valence-electron chi connectivity index (χ3n) is 4.90. The van der Waals surface area contributed by atoms with E-state index in [9.17, 15) is 13.2 Å². The Morgan fingerprint density at radius 1 is 1.10 bits per heavy atom. The van der Waals surface area contributed by atoms with Crippen molar-refractivity contribution >= 4 is 24.8 Å². The highest BCUT2D eigenvalue weighted by atomic mass is 35.5. The van der Waals surface area contributed by atoms with Gasteiger partial charge in [0, 0.05) is 6.54 Å². The minimum absolute atomic E-state index is 0. The van der Waals surface area contributed by atoms with Gasteiger partial charge in [-0.2, -0.15) is 0 Å². The van der Waals surface area contributed by atoms with E-state index in [1.165, 1.54) is 25.3 Å². The molecule has 0 spiro atoms. The van der Waals surface area contributed by atoms with Crippen LogP contribution in [0, 0.1) is 5.92 Å². The van der Waals surface area contributed by atoms with Crippen LogP contribution in [0.1, 0.15) is 30.0 Å². The number of hydrogen-bond donors (Lipinski definition) is 1. The molecular weight excluding hydrogens is 428 g/mol. The van der Waals surface area contributed by atoms with E-state index < -0.39 is 6.36 Å². The predicted octanol–water partition coefficient (Wildman–Crippen LogP) is 5.31. The van der Waals surface area contributed by atoms with Crippen LogP contribution in [-0.4, -0.2) is 25.0 Å². The maximum atomic E-state index is 12.6. The smallest absolute Gasteiger partial charge is 0.496 e. The van der Waals surface area contributed by atoms with Crippen molar-refractivity contribution < 1.29 is 22.6 Å². The van der Waals surface area contributed by atoms with Gasteiger partial charge in [-0.3, -0.25) is 5.84 Å². The van der Waals surface area contributed by atoms with Crippen molar-refractivity contribution in [2.75, 3.05) is 13.7 Å². The van der Waals surface area contributed by atoms with Crippen molar-refractivity contribution in [2.45, 2.75) is 31.7 Å². The van der Waals surface area contributed by atoms with Crippen LogP contribution in [0.15, 0.2) is 48.5 Å². The first-order valence-corrected chi connectivity index (χ1v) is 8.86. The molecule has 2 atom stereocenters. The van der Waals surface area contributed by atoms with Crippen LogP contribution in [0.3, 0.4) is 0 Å². The quantitative estimate of drug-likeness (QED) is 0.624. The summed E-state index contributed by atoms with van der Waals surface area (Å²) in [5.74, 6) is 6.73. The van der Waals surface area contributed by atoms with Crippen molar-refractivity contribution in [1.82, 2.24) is 5.01 Å². The Morgan fingerprint density at radius 3 is 2.41 bits per heavy atom. The molecule has 4 nitrogen and oxygen atoms in total. The van der Waals surface area contributed by atoms with E-state index in [4.69, 9.17) is 10.6 Å². The lowest BCUT2D eigenvalue weighted by Crippen LogP contribution is -2.44. The normalized spacial score (nSPS) is 19.6. The molecule has 0 aromatic heterocycles. The summed E-state index contributed by atoms with van der Waals surface area (Å²) in [4.78, 5) is 0. The number of nitrogens with two attached hydrogens (primary N) is 1. The Labute approximate surface area is 181 Å². The van der Waals surface area contributed by atoms with Crippen LogP contribution in [0.5, 0.6) is 11.5 Å². The second-order valence-electron chi connectivity index (χ2n) is 6.72. The van der Waals surface area contributed by atoms with Gasteiger partial charge in [0.15, 0.2) is 0 Å². The van der Waals surface area contributed by atoms with Gasteiger partial charge in [-0.1, -0.05) is 30.3 Å². The first kappa shape index (κ1) is 25.4. The fraction of sp³-hybridized carbons (Fsp3) is 0.400. The second-order valence-corrected chi connectivity index (χ2v) is 6.72. The fourth-order valence-electron chi connectivity index (χ4n) is 3.83. The van der Waals surface area contributed by atoms with Gasteiger partial charge in [-0.25, -0.2) is 5.01 Å². The van der Waals surface area contributed by atoms with Gasteiger partial charge in [-0.15, -0.1) is 38.0 Å². The molecule has 1 heterocycles. The monoisotopic (exact) mass is 452 g/mol. The number of benzene rings is 2. The van der Waals surface area contributed by atoms with E-state index in [1.54, 1.807) is 0 Å². The minimum Gasteiger partial charge on any atom is -0.496 e. The maximum Gasteiger partial charge on any atom is 0.573 e. The van der Waals surface area contributed by atoms with Gasteiger partial charge in [0.2, 0.25) is 0 Å². The van der Waals surface area contributed by atoms with Crippen molar-refractivity contribution in [2.24, 2.45) is 11.8 Å². The molecule has 9 heteroatoms. The summed E-state index contributed by atoms with van der Waals surface area (Å²) in [7, 11) is 1.51. The molecule has 3 rings (SSSR count). The summed E-state index contributed by atoms with van der Waals surface area (Å²) in [5, 5.41) is 1.83. The number of methoxy groups -OCH3 is 1. The lowest BCUT2D eigenvalue weighted by Gasteiger charge is -2.39. The van der Waals surface area contributed by atoms with Crippen LogP contribution in [0.2, 0.25) is 0 Å². The average Bonchev–Trinajstić information content (AvgIpc) is 2.61. The Bertz CT molecular complexity index is 763. The first-order chi connectivity index (χ1) is 12.9. The lowest BCUT2D eigenvalue weighted by molar-refractivity contribution is -0.274. The summed E-state index contributed by atoms with van der Waals surface area (Å²) in [6.07, 6.45) is -2.31. The van der Waals surface area contributed by atoms with Crippen LogP contribution in [0.4, 0.5) is 13.2 Å². The third kappa shape index (κ3) is 6.67. The molecule has 1 aliphatic heterocycles. The molecule has 0 bridgehead atoms. The molecule has 2 N–H and O–H groups in total. The number of rotatable bonds is 5. The maximum absolute atomic E-state index is 12.6. The first-order valence-electron chi connectivity index (χ1n) is 8.86. The number of ether oxygens (including phenoxy) is 2. The van der Waals surface area contributed by atoms with E-state index in [0.717, 1.165) is 24.9 Å². The summed E-state index contributed by atoms with van der Waals surface area (Å²) in [5.41, 5.74) is 1.78. The molecule has 1 saturated heterocycles. The zero-order chi connectivity index (χ0) is 19.4. The molecule has 2 aromatic carbocycles. The largest absolute Gasteiger partial charge is 0.573 e. The van der Waals surface area contributed by atoms with Gasteiger partial charge >= 0.3 is 6.36 Å². The highest BCUT2D eigenvalue weighted by Crippen LogP contribution is 2.39. The molecule has 0 saturated carbocycles. The molecule has 0 radical (unpaired) electrons. The second kappa shape index (κ2) is 10.9. The zero-order valence-electron chi connectivity index (χ0n) is 15.9. The summed E-state index contributed by atoms with van der Waals surface area (Å²) < 4.78 is 47.1. The van der Waals surface area contributed by atoms with E-state index in [1.807, 2.05) is 35.3 Å². The highest BCUT2D eigenvalue weighted by Gasteiger charge is 2.33. The standard InChI is InChI=1S/C20H23F3N2O2.2ClH/c1-26-18-10-9-17(27-20(21,22)23)13-16(18)12-15-8-5-11-25(24)19(15)14-6-3-2-4-7-14;;/h2-4,6-7,9-10,13,15,19H,5,8,11-12,24H2,1H3;2*1H/t15-,19+;;/m0../s1. The number of halogens is 5. The van der Waals surface area contributed by atoms with E-state index >= 15 is 0 Å². The van der Waals surface area contributed by atoms with Gasteiger partial charge in [0.25, 0.3) is 0 Å². The van der Waals surface area contributed by atoms with Crippen LogP contribution in [0.25, 0.3) is 0 Å². The Hall–Kier alpha value is -1.67. The fourth-order valence-corrected chi connectivity index (χ4v) is 3.83. The topological polar surface area (TPSA) is 47.7 Å². The molecular formula is C20H25Cl2F3N2O2. The number of hydrazine groups is 1. The number of hydrogen-bond acceptors (Lipinski definition) is 4. The van der Waals surface area contributed by atoms with E-state index in [2.05, 4.69) is 4.74 Å². The Kier molecular flexibility index (Phi) is 9.55. The lowest BCUT2D eigenvalue weighted by atomic mass is 9.81. The van der Waals surface area contributed by atoms with Gasteiger partial charge < -0.3 is 9.47 Å². The number of piperidine rings is 1. The summed E-state index contributed by atoms with van der Waals surface area (Å²) >= 11 is 0. The van der Waals surface area contributed by atoms with Crippen LogP contribution < -0.4 is 15.3 Å². The molecule has 0 aliphatic carbocycles. The van der Waals surface area contributed by atoms with Crippen LogP contribution in [-0.2, 0) is 6.42 Å². The van der Waals surface area contributed by atoms with Gasteiger partial charge in [0.05, 0.1) is 13.2 Å². The summed E-state index contributed by atoms with van der Waals surface area (Å²) in [6, 6.07) is 14.1. The minimum atomic E-state index is -4.72. The Morgan fingerprint density at radius 2 is 1.79 bits per heavy atom. The molecule has 0 amide bonds. The SMILES string of the molecule is COc1ccc(OC(F)(F)F)cc1C[C@@H]1CCCN(N)[C@@H]1c1ccccc1.Cl.Cl. The molecule has 162 valence electrons. The zero-order valence-corrected chi connectivity index (χ0v) is 17.5. The van der Waals surface area contributed by atoms with Crippen molar-refractivity contribution in [3.05, 3.63) is 59.7 Å². The molecule has 0 unspecified atom stereocenters. The number of alkyl halides is 3.